The van der Waals surface area contributed by atoms with Gasteiger partial charge in [-0.3, -0.25) is 4.90 Å². The van der Waals surface area contributed by atoms with Crippen LogP contribution in [0.5, 0.6) is 0 Å². The van der Waals surface area contributed by atoms with Crippen molar-refractivity contribution in [2.24, 2.45) is 10.9 Å². The van der Waals surface area contributed by atoms with E-state index in [9.17, 15) is 0 Å². The van der Waals surface area contributed by atoms with Gasteiger partial charge in [0.2, 0.25) is 0 Å². The van der Waals surface area contributed by atoms with E-state index in [1.807, 2.05) is 32.8 Å². The van der Waals surface area contributed by atoms with Gasteiger partial charge in [0.25, 0.3) is 0 Å². The van der Waals surface area contributed by atoms with Gasteiger partial charge in [-0.15, -0.1) is 0 Å². The Morgan fingerprint density at radius 1 is 1.55 bits per heavy atom. The number of aromatic nitrogens is 3. The van der Waals surface area contributed by atoms with Crippen molar-refractivity contribution in [2.45, 2.75) is 20.0 Å². The number of fused-ring (bicyclic) bond motifs is 1. The molecule has 0 spiro atoms. The second-order valence-corrected chi connectivity index (χ2v) is 4.78. The third-order valence-corrected chi connectivity index (χ3v) is 3.19. The Kier molecular flexibility index (Phi) is 3.75. The van der Waals surface area contributed by atoms with E-state index < -0.39 is 0 Å². The van der Waals surface area contributed by atoms with Crippen LogP contribution in [0.3, 0.4) is 0 Å². The van der Waals surface area contributed by atoms with E-state index in [1.54, 1.807) is 16.9 Å². The van der Waals surface area contributed by atoms with Gasteiger partial charge in [0, 0.05) is 6.20 Å². The van der Waals surface area contributed by atoms with Crippen molar-refractivity contribution in [2.75, 3.05) is 19.5 Å². The molecule has 0 saturated heterocycles. The number of pyridine rings is 1. The highest BCUT2D eigenvalue weighted by Gasteiger charge is 2.16. The van der Waals surface area contributed by atoms with Crippen LogP contribution in [0.4, 0.5) is 0 Å². The lowest BCUT2D eigenvalue weighted by atomic mass is 10.2. The lowest BCUT2D eigenvalue weighted by Gasteiger charge is -2.23. The first kappa shape index (κ1) is 14.1. The summed E-state index contributed by atoms with van der Waals surface area (Å²) in [6.45, 7) is 3.89. The van der Waals surface area contributed by atoms with Crippen molar-refractivity contribution in [3.63, 3.8) is 0 Å². The molecule has 0 radical (unpaired) electrons. The van der Waals surface area contributed by atoms with Crippen molar-refractivity contribution < 1.29 is 5.21 Å². The monoisotopic (exact) mass is 277 g/mol. The Balaban J connectivity index is 2.55. The first-order valence-electron chi connectivity index (χ1n) is 6.20. The number of hydrogen-bond donors (Lipinski definition) is 3. The molecule has 0 aliphatic heterocycles. The first-order valence-corrected chi connectivity index (χ1v) is 6.20. The molecule has 0 bridgehead atoms. The molecule has 1 unspecified atom stereocenters. The lowest BCUT2D eigenvalue weighted by molar-refractivity contribution is 0.318. The quantitative estimate of drug-likeness (QED) is 0.244. The number of hydrogen-bond acceptors (Lipinski definition) is 6. The maximum atomic E-state index is 8.83. The molecular weight excluding hydrogens is 258 g/mol. The number of amidine groups is 1. The Labute approximate surface area is 116 Å². The van der Waals surface area contributed by atoms with Crippen molar-refractivity contribution in [3.8, 4) is 0 Å². The van der Waals surface area contributed by atoms with Crippen LogP contribution in [0.2, 0.25) is 0 Å². The summed E-state index contributed by atoms with van der Waals surface area (Å²) >= 11 is 0. The van der Waals surface area contributed by atoms with Crippen molar-refractivity contribution in [1.29, 1.82) is 0 Å². The van der Waals surface area contributed by atoms with Gasteiger partial charge in [-0.2, -0.15) is 0 Å². The zero-order valence-corrected chi connectivity index (χ0v) is 12.0. The fourth-order valence-corrected chi connectivity index (χ4v) is 1.80. The normalized spacial score (nSPS) is 13.9. The second kappa shape index (κ2) is 5.33. The van der Waals surface area contributed by atoms with Gasteiger partial charge in [0.05, 0.1) is 11.7 Å². The van der Waals surface area contributed by atoms with E-state index in [-0.39, 0.29) is 12.0 Å². The number of nitrogens with two attached hydrogens (primary N) is 1. The van der Waals surface area contributed by atoms with Crippen LogP contribution in [0.15, 0.2) is 17.4 Å². The molecule has 0 fully saturated rings. The predicted molar refractivity (Wildman–Crippen MR) is 77.3 cm³/mol. The average Bonchev–Trinajstić information content (AvgIpc) is 2.74. The molecule has 2 heterocycles. The largest absolute Gasteiger partial charge is 0.409 e. The van der Waals surface area contributed by atoms with Crippen LogP contribution in [-0.4, -0.2) is 50.8 Å². The molecule has 2 aromatic rings. The molecule has 0 amide bonds. The first-order chi connectivity index (χ1) is 9.45. The number of aryl methyl sites for hydroxylation is 1. The highest BCUT2D eigenvalue weighted by molar-refractivity contribution is 6.06. The Morgan fingerprint density at radius 3 is 2.85 bits per heavy atom. The highest BCUT2D eigenvalue weighted by Crippen LogP contribution is 2.17. The zero-order valence-electron chi connectivity index (χ0n) is 12.0. The summed E-state index contributed by atoms with van der Waals surface area (Å²) in [7, 11) is 3.95. The van der Waals surface area contributed by atoms with Crippen LogP contribution in [0, 0.1) is 6.92 Å². The molecule has 8 nitrogen and oxygen atoms in total. The molecule has 4 N–H and O–H groups in total. The van der Waals surface area contributed by atoms with Gasteiger partial charge < -0.3 is 16.4 Å². The standard InChI is InChI=1S/C12H19N7O/c1-7-15-10-9(11(13)17-20)5-6-14-12(10)19(7)16-8(2)18(3)4/h5-6,8,16,20H,1-4H3,(H2,13,17). The highest BCUT2D eigenvalue weighted by atomic mass is 16.4. The predicted octanol–water partition coefficient (Wildman–Crippen LogP) is 0.285. The van der Waals surface area contributed by atoms with Crippen LogP contribution >= 0.6 is 0 Å². The van der Waals surface area contributed by atoms with Crippen molar-refractivity contribution in [3.05, 3.63) is 23.7 Å². The molecule has 8 heteroatoms. The Hall–Kier alpha value is -2.35. The summed E-state index contributed by atoms with van der Waals surface area (Å²) in [6.07, 6.45) is 1.70. The molecule has 0 saturated carbocycles. The second-order valence-electron chi connectivity index (χ2n) is 4.78. The maximum absolute atomic E-state index is 8.83. The summed E-state index contributed by atoms with van der Waals surface area (Å²) in [5.41, 5.74) is 10.7. The minimum atomic E-state index is 0.0164. The van der Waals surface area contributed by atoms with E-state index >= 15 is 0 Å². The van der Waals surface area contributed by atoms with Gasteiger partial charge in [0.15, 0.2) is 11.5 Å². The molecule has 2 rings (SSSR count). The molecule has 0 aromatic carbocycles. The van der Waals surface area contributed by atoms with Gasteiger partial charge in [-0.1, -0.05) is 5.16 Å². The summed E-state index contributed by atoms with van der Waals surface area (Å²) in [4.78, 5) is 10.8. The molecule has 108 valence electrons. The molecule has 0 aliphatic rings. The lowest BCUT2D eigenvalue weighted by Crippen LogP contribution is -2.37. The third kappa shape index (κ3) is 2.37. The van der Waals surface area contributed by atoms with E-state index in [2.05, 4.69) is 20.5 Å². The Morgan fingerprint density at radius 2 is 2.25 bits per heavy atom. The molecule has 0 aliphatic carbocycles. The summed E-state index contributed by atoms with van der Waals surface area (Å²) in [5, 5.41) is 11.9. The fourth-order valence-electron chi connectivity index (χ4n) is 1.80. The maximum Gasteiger partial charge on any atom is 0.179 e. The summed E-state index contributed by atoms with van der Waals surface area (Å²) < 4.78 is 1.80. The molecule has 2 aromatic heterocycles. The average molecular weight is 277 g/mol. The van der Waals surface area contributed by atoms with E-state index in [1.165, 1.54) is 0 Å². The Bertz CT molecular complexity index is 647. The van der Waals surface area contributed by atoms with Gasteiger partial charge in [-0.25, -0.2) is 14.6 Å². The minimum Gasteiger partial charge on any atom is -0.409 e. The number of nitrogens with one attached hydrogen (secondary N) is 1. The number of oxime groups is 1. The van der Waals surface area contributed by atoms with Gasteiger partial charge in [-0.05, 0) is 34.0 Å². The zero-order chi connectivity index (χ0) is 14.9. The SMILES string of the molecule is Cc1nc2c(C(N)=NO)ccnc2n1NC(C)N(C)C. The van der Waals surface area contributed by atoms with Crippen LogP contribution < -0.4 is 11.2 Å². The van der Waals surface area contributed by atoms with Gasteiger partial charge in [0.1, 0.15) is 11.3 Å². The smallest absolute Gasteiger partial charge is 0.179 e. The van der Waals surface area contributed by atoms with E-state index in [0.29, 0.717) is 16.7 Å². The number of rotatable bonds is 4. The van der Waals surface area contributed by atoms with Crippen LogP contribution in [0.25, 0.3) is 11.2 Å². The third-order valence-electron chi connectivity index (χ3n) is 3.19. The molecule has 1 atom stereocenters. The fraction of sp³-hybridized carbons (Fsp3) is 0.417. The number of nitrogens with zero attached hydrogens (tertiary/aromatic N) is 5. The number of imidazole rings is 1. The van der Waals surface area contributed by atoms with E-state index in [0.717, 1.165) is 5.82 Å². The molecular formula is C12H19N7O. The van der Waals surface area contributed by atoms with Crippen molar-refractivity contribution >= 4 is 17.0 Å². The molecule has 20 heavy (non-hydrogen) atoms. The van der Waals surface area contributed by atoms with Gasteiger partial charge >= 0.3 is 0 Å². The topological polar surface area (TPSA) is 105 Å². The van der Waals surface area contributed by atoms with Crippen LogP contribution in [0.1, 0.15) is 18.3 Å². The summed E-state index contributed by atoms with van der Waals surface area (Å²) in [5.74, 6) is 0.766. The van der Waals surface area contributed by atoms with E-state index in [4.69, 9.17) is 10.9 Å². The van der Waals surface area contributed by atoms with Crippen LogP contribution in [-0.2, 0) is 0 Å². The minimum absolute atomic E-state index is 0.0164. The van der Waals surface area contributed by atoms with Crippen molar-refractivity contribution in [1.82, 2.24) is 19.5 Å². The summed E-state index contributed by atoms with van der Waals surface area (Å²) in [6, 6.07) is 1.67.